The third-order valence-corrected chi connectivity index (χ3v) is 5.56. The SMILES string of the molecule is Cc1cc(=O)oc2cc(OCCNC3CCN(Cc4ccccc4)CC3)ccc12. The van der Waals surface area contributed by atoms with Gasteiger partial charge in [-0.25, -0.2) is 4.79 Å². The molecular weight excluding hydrogens is 364 g/mol. The lowest BCUT2D eigenvalue weighted by Crippen LogP contribution is -2.43. The molecule has 1 saturated heterocycles. The maximum atomic E-state index is 11.6. The van der Waals surface area contributed by atoms with E-state index < -0.39 is 0 Å². The Hall–Kier alpha value is -2.63. The van der Waals surface area contributed by atoms with E-state index in [1.54, 1.807) is 6.07 Å². The molecule has 0 unspecified atom stereocenters. The number of rotatable bonds is 7. The molecule has 5 nitrogen and oxygen atoms in total. The minimum absolute atomic E-state index is 0.326. The lowest BCUT2D eigenvalue weighted by Gasteiger charge is -2.32. The first kappa shape index (κ1) is 19.7. The van der Waals surface area contributed by atoms with E-state index in [1.807, 2.05) is 19.1 Å². The van der Waals surface area contributed by atoms with Crippen LogP contribution in [0.1, 0.15) is 24.0 Å². The van der Waals surface area contributed by atoms with Gasteiger partial charge in [-0.1, -0.05) is 30.3 Å². The summed E-state index contributed by atoms with van der Waals surface area (Å²) in [7, 11) is 0. The Morgan fingerprint density at radius 2 is 1.90 bits per heavy atom. The zero-order chi connectivity index (χ0) is 20.1. The van der Waals surface area contributed by atoms with Crippen molar-refractivity contribution in [3.8, 4) is 5.75 Å². The molecule has 1 N–H and O–H groups in total. The van der Waals surface area contributed by atoms with Crippen LogP contribution in [0.2, 0.25) is 0 Å². The van der Waals surface area contributed by atoms with Crippen molar-refractivity contribution >= 4 is 11.0 Å². The number of piperidine rings is 1. The Morgan fingerprint density at radius 3 is 2.69 bits per heavy atom. The highest BCUT2D eigenvalue weighted by atomic mass is 16.5. The monoisotopic (exact) mass is 392 g/mol. The number of likely N-dealkylation sites (tertiary alicyclic amines) is 1. The Kier molecular flexibility index (Phi) is 6.27. The van der Waals surface area contributed by atoms with Crippen molar-refractivity contribution in [2.75, 3.05) is 26.2 Å². The molecule has 2 aromatic carbocycles. The molecule has 3 aromatic rings. The third-order valence-electron chi connectivity index (χ3n) is 5.56. The molecule has 2 heterocycles. The van der Waals surface area contributed by atoms with E-state index in [4.69, 9.17) is 9.15 Å². The van der Waals surface area contributed by atoms with Crippen molar-refractivity contribution in [1.29, 1.82) is 0 Å². The van der Waals surface area contributed by atoms with Crippen molar-refractivity contribution in [3.63, 3.8) is 0 Å². The van der Waals surface area contributed by atoms with Crippen LogP contribution in [0.15, 0.2) is 63.8 Å². The number of hydrogen-bond acceptors (Lipinski definition) is 5. The highest BCUT2D eigenvalue weighted by Crippen LogP contribution is 2.22. The zero-order valence-electron chi connectivity index (χ0n) is 16.9. The maximum Gasteiger partial charge on any atom is 0.336 e. The normalized spacial score (nSPS) is 15.6. The van der Waals surface area contributed by atoms with E-state index in [0.717, 1.165) is 55.7 Å². The smallest absolute Gasteiger partial charge is 0.336 e. The lowest BCUT2D eigenvalue weighted by atomic mass is 10.0. The fraction of sp³-hybridized carbons (Fsp3) is 0.375. The van der Waals surface area contributed by atoms with Crippen LogP contribution in [0, 0.1) is 6.92 Å². The van der Waals surface area contributed by atoms with Crippen LogP contribution < -0.4 is 15.7 Å². The third kappa shape index (κ3) is 5.25. The molecule has 1 aromatic heterocycles. The average Bonchev–Trinajstić information content (AvgIpc) is 2.73. The fourth-order valence-electron chi connectivity index (χ4n) is 3.96. The van der Waals surface area contributed by atoms with Gasteiger partial charge in [0.2, 0.25) is 0 Å². The number of benzene rings is 2. The number of aryl methyl sites for hydroxylation is 1. The summed E-state index contributed by atoms with van der Waals surface area (Å²) in [5.74, 6) is 0.728. The zero-order valence-corrected chi connectivity index (χ0v) is 16.9. The number of fused-ring (bicyclic) bond motifs is 1. The molecule has 1 aliphatic heterocycles. The van der Waals surface area contributed by atoms with Crippen molar-refractivity contribution < 1.29 is 9.15 Å². The molecule has 0 bridgehead atoms. The first-order valence-corrected chi connectivity index (χ1v) is 10.3. The van der Waals surface area contributed by atoms with Gasteiger partial charge < -0.3 is 14.5 Å². The lowest BCUT2D eigenvalue weighted by molar-refractivity contribution is 0.186. The minimum atomic E-state index is -0.326. The van der Waals surface area contributed by atoms with Gasteiger partial charge in [-0.15, -0.1) is 0 Å². The van der Waals surface area contributed by atoms with E-state index in [0.29, 0.717) is 18.2 Å². The maximum absolute atomic E-state index is 11.6. The molecule has 0 amide bonds. The molecule has 1 fully saturated rings. The first-order valence-electron chi connectivity index (χ1n) is 10.3. The molecule has 0 spiro atoms. The Labute approximate surface area is 171 Å². The van der Waals surface area contributed by atoms with Gasteiger partial charge in [-0.2, -0.15) is 0 Å². The van der Waals surface area contributed by atoms with E-state index in [-0.39, 0.29) is 5.63 Å². The molecule has 0 aliphatic carbocycles. The summed E-state index contributed by atoms with van der Waals surface area (Å²) in [5.41, 5.74) is 2.55. The van der Waals surface area contributed by atoms with Crippen molar-refractivity contribution in [2.45, 2.75) is 32.4 Å². The van der Waals surface area contributed by atoms with Gasteiger partial charge in [0, 0.05) is 36.7 Å². The second-order valence-electron chi connectivity index (χ2n) is 7.75. The average molecular weight is 392 g/mol. The summed E-state index contributed by atoms with van der Waals surface area (Å²) in [4.78, 5) is 14.1. The van der Waals surface area contributed by atoms with Gasteiger partial charge in [0.25, 0.3) is 0 Å². The van der Waals surface area contributed by atoms with Crippen molar-refractivity contribution in [1.82, 2.24) is 10.2 Å². The summed E-state index contributed by atoms with van der Waals surface area (Å²) in [6.45, 7) is 6.58. The van der Waals surface area contributed by atoms with Crippen LogP contribution in [0.4, 0.5) is 0 Å². The Morgan fingerprint density at radius 1 is 1.10 bits per heavy atom. The van der Waals surface area contributed by atoms with E-state index >= 15 is 0 Å². The largest absolute Gasteiger partial charge is 0.492 e. The van der Waals surface area contributed by atoms with Crippen LogP contribution in [0.5, 0.6) is 5.75 Å². The minimum Gasteiger partial charge on any atom is -0.492 e. The molecule has 1 aliphatic rings. The molecule has 0 atom stereocenters. The number of ether oxygens (including phenoxy) is 1. The molecule has 29 heavy (non-hydrogen) atoms. The summed E-state index contributed by atoms with van der Waals surface area (Å²) < 4.78 is 11.1. The van der Waals surface area contributed by atoms with Gasteiger partial charge in [0.15, 0.2) is 0 Å². The summed E-state index contributed by atoms with van der Waals surface area (Å²) in [6, 6.07) is 18.4. The molecule has 4 rings (SSSR count). The van der Waals surface area contributed by atoms with Gasteiger partial charge >= 0.3 is 5.63 Å². The number of hydrogen-bond donors (Lipinski definition) is 1. The number of nitrogens with zero attached hydrogens (tertiary/aromatic N) is 1. The van der Waals surface area contributed by atoms with Gasteiger partial charge in [-0.05, 0) is 56.1 Å². The van der Waals surface area contributed by atoms with Crippen LogP contribution in [-0.4, -0.2) is 37.2 Å². The molecule has 0 saturated carbocycles. The molecule has 0 radical (unpaired) electrons. The summed E-state index contributed by atoms with van der Waals surface area (Å²) >= 11 is 0. The second kappa shape index (κ2) is 9.25. The molecular formula is C24H28N2O3. The molecule has 152 valence electrons. The molecule has 5 heteroatoms. The van der Waals surface area contributed by atoms with Crippen LogP contribution in [-0.2, 0) is 6.54 Å². The highest BCUT2D eigenvalue weighted by molar-refractivity contribution is 5.81. The predicted octanol–water partition coefficient (Wildman–Crippen LogP) is 3.73. The van der Waals surface area contributed by atoms with E-state index in [2.05, 4.69) is 40.5 Å². The summed E-state index contributed by atoms with van der Waals surface area (Å²) in [5, 5.41) is 4.55. The Bertz CT molecular complexity index is 992. The second-order valence-corrected chi connectivity index (χ2v) is 7.75. The van der Waals surface area contributed by atoms with Gasteiger partial charge in [0.1, 0.15) is 17.9 Å². The van der Waals surface area contributed by atoms with Crippen molar-refractivity contribution in [2.24, 2.45) is 0 Å². The van der Waals surface area contributed by atoms with E-state index in [9.17, 15) is 4.79 Å². The fourth-order valence-corrected chi connectivity index (χ4v) is 3.96. The summed E-state index contributed by atoms with van der Waals surface area (Å²) in [6.07, 6.45) is 2.32. The van der Waals surface area contributed by atoms with Gasteiger partial charge in [-0.3, -0.25) is 4.90 Å². The number of nitrogens with one attached hydrogen (secondary N) is 1. The standard InChI is InChI=1S/C24H28N2O3/c1-18-15-24(27)29-23-16-21(7-8-22(18)23)28-14-11-25-20-9-12-26(13-10-20)17-19-5-3-2-4-6-19/h2-8,15-16,20,25H,9-14,17H2,1H3. The topological polar surface area (TPSA) is 54.7 Å². The highest BCUT2D eigenvalue weighted by Gasteiger charge is 2.18. The van der Waals surface area contributed by atoms with Gasteiger partial charge in [0.05, 0.1) is 0 Å². The van der Waals surface area contributed by atoms with Crippen molar-refractivity contribution in [3.05, 3.63) is 76.1 Å². The quantitative estimate of drug-likeness (QED) is 0.490. The predicted molar refractivity (Wildman–Crippen MR) is 115 cm³/mol. The first-order chi connectivity index (χ1) is 14.2. The van der Waals surface area contributed by atoms with Crippen LogP contribution in [0.3, 0.4) is 0 Å². The van der Waals surface area contributed by atoms with Crippen LogP contribution >= 0.6 is 0 Å². The van der Waals surface area contributed by atoms with Crippen LogP contribution in [0.25, 0.3) is 11.0 Å². The Balaban J connectivity index is 1.19. The van der Waals surface area contributed by atoms with E-state index in [1.165, 1.54) is 11.6 Å².